The summed E-state index contributed by atoms with van der Waals surface area (Å²) in [6, 6.07) is 8.56. The van der Waals surface area contributed by atoms with E-state index < -0.39 is 0 Å². The van der Waals surface area contributed by atoms with E-state index in [9.17, 15) is 0 Å². The van der Waals surface area contributed by atoms with Gasteiger partial charge in [-0.15, -0.1) is 21.5 Å². The molecular formula is C20H25N3S2. The van der Waals surface area contributed by atoms with E-state index in [1.165, 1.54) is 27.1 Å². The molecule has 0 unspecified atom stereocenters. The third kappa shape index (κ3) is 3.82. The molecule has 0 amide bonds. The fourth-order valence-electron chi connectivity index (χ4n) is 3.04. The van der Waals surface area contributed by atoms with Crippen molar-refractivity contribution in [2.24, 2.45) is 0 Å². The first kappa shape index (κ1) is 18.2. The van der Waals surface area contributed by atoms with Gasteiger partial charge in [0.25, 0.3) is 0 Å². The van der Waals surface area contributed by atoms with Crippen LogP contribution in [-0.2, 0) is 18.7 Å². The van der Waals surface area contributed by atoms with Crippen molar-refractivity contribution in [2.45, 2.75) is 58.0 Å². The Bertz CT molecular complexity index is 849. The molecule has 25 heavy (non-hydrogen) atoms. The maximum Gasteiger partial charge on any atom is 0.191 e. The van der Waals surface area contributed by atoms with Crippen molar-refractivity contribution in [3.63, 3.8) is 0 Å². The van der Waals surface area contributed by atoms with Gasteiger partial charge in [-0.3, -0.25) is 0 Å². The number of hydrogen-bond acceptors (Lipinski definition) is 4. The number of thioether (sulfide) groups is 1. The number of nitrogens with zero attached hydrogens (tertiary/aromatic N) is 3. The van der Waals surface area contributed by atoms with Crippen molar-refractivity contribution in [3.05, 3.63) is 51.2 Å². The van der Waals surface area contributed by atoms with Crippen LogP contribution in [0.3, 0.4) is 0 Å². The van der Waals surface area contributed by atoms with Gasteiger partial charge in [-0.25, -0.2) is 0 Å². The van der Waals surface area contributed by atoms with E-state index in [0.717, 1.165) is 36.1 Å². The predicted octanol–water partition coefficient (Wildman–Crippen LogP) is 5.89. The number of aromatic nitrogens is 3. The number of thiophene rings is 1. The lowest BCUT2D eigenvalue weighted by atomic mass is 10.1. The minimum absolute atomic E-state index is 0.928. The van der Waals surface area contributed by atoms with Gasteiger partial charge in [0.2, 0.25) is 0 Å². The van der Waals surface area contributed by atoms with Crippen LogP contribution in [0.5, 0.6) is 0 Å². The zero-order valence-electron chi connectivity index (χ0n) is 15.4. The Morgan fingerprint density at radius 2 is 1.92 bits per heavy atom. The second-order valence-corrected chi connectivity index (χ2v) is 8.24. The summed E-state index contributed by atoms with van der Waals surface area (Å²) < 4.78 is 2.30. The van der Waals surface area contributed by atoms with Crippen LogP contribution in [0.2, 0.25) is 0 Å². The molecule has 0 saturated carbocycles. The molecule has 0 saturated heterocycles. The molecular weight excluding hydrogens is 346 g/mol. The summed E-state index contributed by atoms with van der Waals surface area (Å²) in [4.78, 5) is 1.39. The van der Waals surface area contributed by atoms with Crippen LogP contribution in [-0.4, -0.2) is 14.8 Å². The molecule has 3 aromatic rings. The smallest absolute Gasteiger partial charge is 0.191 e. The number of benzene rings is 1. The van der Waals surface area contributed by atoms with Gasteiger partial charge in [-0.2, -0.15) is 0 Å². The fraction of sp³-hybridized carbons (Fsp3) is 0.400. The molecule has 0 spiro atoms. The van der Waals surface area contributed by atoms with Gasteiger partial charge >= 0.3 is 0 Å². The van der Waals surface area contributed by atoms with Crippen molar-refractivity contribution in [1.29, 1.82) is 0 Å². The van der Waals surface area contributed by atoms with Gasteiger partial charge in [0.05, 0.1) is 0 Å². The summed E-state index contributed by atoms with van der Waals surface area (Å²) in [6.07, 6.45) is 2.11. The molecule has 0 N–H and O–H groups in total. The Hall–Kier alpha value is -1.59. The minimum atomic E-state index is 0.928. The quantitative estimate of drug-likeness (QED) is 0.485. The fourth-order valence-corrected chi connectivity index (χ4v) is 5.02. The first-order chi connectivity index (χ1) is 12.2. The molecule has 2 aromatic heterocycles. The molecule has 132 valence electrons. The minimum Gasteiger partial charge on any atom is -0.302 e. The molecule has 0 bridgehead atoms. The molecule has 2 heterocycles. The molecule has 0 aliphatic rings. The molecule has 3 rings (SSSR count). The van der Waals surface area contributed by atoms with Crippen LogP contribution in [0.4, 0.5) is 0 Å². The van der Waals surface area contributed by atoms with E-state index in [-0.39, 0.29) is 0 Å². The highest BCUT2D eigenvalue weighted by atomic mass is 32.2. The topological polar surface area (TPSA) is 30.7 Å². The van der Waals surface area contributed by atoms with Crippen molar-refractivity contribution in [3.8, 4) is 11.4 Å². The van der Waals surface area contributed by atoms with Gasteiger partial charge in [0.1, 0.15) is 0 Å². The summed E-state index contributed by atoms with van der Waals surface area (Å²) in [5.41, 5.74) is 5.36. The zero-order valence-corrected chi connectivity index (χ0v) is 17.0. The van der Waals surface area contributed by atoms with E-state index in [1.54, 1.807) is 11.8 Å². The van der Waals surface area contributed by atoms with Crippen molar-refractivity contribution >= 4 is 23.1 Å². The van der Waals surface area contributed by atoms with E-state index in [4.69, 9.17) is 0 Å². The summed E-state index contributed by atoms with van der Waals surface area (Å²) in [5, 5.41) is 12.3. The Labute approximate surface area is 158 Å². The maximum atomic E-state index is 4.56. The molecule has 5 heteroatoms. The predicted molar refractivity (Wildman–Crippen MR) is 108 cm³/mol. The zero-order chi connectivity index (χ0) is 17.8. The van der Waals surface area contributed by atoms with E-state index in [1.807, 2.05) is 11.3 Å². The lowest BCUT2D eigenvalue weighted by molar-refractivity contribution is 0.626. The lowest BCUT2D eigenvalue weighted by Gasteiger charge is -2.10. The normalized spacial score (nSPS) is 11.2. The molecule has 0 fully saturated rings. The van der Waals surface area contributed by atoms with E-state index in [2.05, 4.69) is 72.1 Å². The van der Waals surface area contributed by atoms with Crippen LogP contribution < -0.4 is 0 Å². The summed E-state index contributed by atoms with van der Waals surface area (Å²) >= 11 is 3.59. The van der Waals surface area contributed by atoms with Crippen molar-refractivity contribution in [1.82, 2.24) is 14.8 Å². The molecule has 0 radical (unpaired) electrons. The Kier molecular flexibility index (Phi) is 5.97. The van der Waals surface area contributed by atoms with Gasteiger partial charge in [0.15, 0.2) is 11.0 Å². The van der Waals surface area contributed by atoms with Crippen molar-refractivity contribution in [2.75, 3.05) is 0 Å². The summed E-state index contributed by atoms with van der Waals surface area (Å²) in [7, 11) is 0. The number of aryl methyl sites for hydroxylation is 2. The lowest BCUT2D eigenvalue weighted by Crippen LogP contribution is -2.03. The first-order valence-corrected chi connectivity index (χ1v) is 10.7. The average molecular weight is 372 g/mol. The highest BCUT2D eigenvalue weighted by Gasteiger charge is 2.18. The van der Waals surface area contributed by atoms with Gasteiger partial charge in [-0.05, 0) is 43.4 Å². The van der Waals surface area contributed by atoms with Crippen LogP contribution in [0, 0.1) is 13.8 Å². The highest BCUT2D eigenvalue weighted by Crippen LogP contribution is 2.33. The van der Waals surface area contributed by atoms with Crippen LogP contribution in [0.15, 0.2) is 34.8 Å². The summed E-state index contributed by atoms with van der Waals surface area (Å²) in [5.74, 6) is 1.95. The third-order valence-corrected chi connectivity index (χ3v) is 6.45. The Morgan fingerprint density at radius 3 is 2.64 bits per heavy atom. The number of hydrogen-bond donors (Lipinski definition) is 0. The maximum absolute atomic E-state index is 4.56. The molecule has 1 aromatic carbocycles. The molecule has 0 atom stereocenters. The summed E-state index contributed by atoms with van der Waals surface area (Å²) in [6.45, 7) is 9.74. The largest absolute Gasteiger partial charge is 0.302 e. The van der Waals surface area contributed by atoms with Gasteiger partial charge < -0.3 is 4.57 Å². The second-order valence-electron chi connectivity index (χ2n) is 6.21. The van der Waals surface area contributed by atoms with Gasteiger partial charge in [-0.1, -0.05) is 49.9 Å². The monoisotopic (exact) mass is 371 g/mol. The van der Waals surface area contributed by atoms with Crippen LogP contribution in [0.1, 0.15) is 41.8 Å². The second kappa shape index (κ2) is 8.19. The Morgan fingerprint density at radius 1 is 1.12 bits per heavy atom. The molecule has 3 nitrogen and oxygen atoms in total. The molecule has 0 aliphatic carbocycles. The standard InChI is InChI=1S/C20H25N3S2/c1-5-11-23-19(18-13-24-15(4)17(18)6-2)21-22-20(23)25-12-16-10-8-7-9-14(16)3/h7-10,13H,5-6,11-12H2,1-4H3. The third-order valence-electron chi connectivity index (χ3n) is 4.48. The highest BCUT2D eigenvalue weighted by molar-refractivity contribution is 7.98. The van der Waals surface area contributed by atoms with E-state index in [0.29, 0.717) is 0 Å². The SMILES string of the molecule is CCCn1c(SCc2ccccc2C)nnc1-c1csc(C)c1CC. The average Bonchev–Trinajstić information content (AvgIpc) is 3.17. The van der Waals surface area contributed by atoms with Crippen LogP contribution >= 0.6 is 23.1 Å². The molecule has 0 aliphatic heterocycles. The Balaban J connectivity index is 1.90. The van der Waals surface area contributed by atoms with Crippen molar-refractivity contribution < 1.29 is 0 Å². The van der Waals surface area contributed by atoms with Gasteiger partial charge in [0, 0.05) is 28.1 Å². The first-order valence-electron chi connectivity index (χ1n) is 8.83. The van der Waals surface area contributed by atoms with Crippen LogP contribution in [0.25, 0.3) is 11.4 Å². The van der Waals surface area contributed by atoms with E-state index >= 15 is 0 Å². The number of rotatable bonds is 7.